The van der Waals surface area contributed by atoms with Crippen LogP contribution in [0.5, 0.6) is 0 Å². The lowest BCUT2D eigenvalue weighted by atomic mass is 10.3. The Kier molecular flexibility index (Phi) is 6.59. The van der Waals surface area contributed by atoms with Gasteiger partial charge in [-0.25, -0.2) is 0 Å². The number of hydrogen-bond donors (Lipinski definition) is 2. The summed E-state index contributed by atoms with van der Waals surface area (Å²) >= 11 is 0. The minimum absolute atomic E-state index is 0.0607. The first-order valence-corrected chi connectivity index (χ1v) is 4.26. The highest BCUT2D eigenvalue weighted by atomic mass is 16.4. The van der Waals surface area contributed by atoms with E-state index in [1.165, 1.54) is 0 Å². The van der Waals surface area contributed by atoms with Gasteiger partial charge in [-0.1, -0.05) is 12.2 Å². The molecule has 0 saturated heterocycles. The molecule has 13 heavy (non-hydrogen) atoms. The first-order valence-electron chi connectivity index (χ1n) is 4.26. The minimum atomic E-state index is -0.941. The summed E-state index contributed by atoms with van der Waals surface area (Å²) < 4.78 is 0. The van der Waals surface area contributed by atoms with Crippen LogP contribution in [0.3, 0.4) is 0 Å². The van der Waals surface area contributed by atoms with E-state index >= 15 is 0 Å². The highest BCUT2D eigenvalue weighted by molar-refractivity contribution is 5.80. The predicted molar refractivity (Wildman–Crippen MR) is 49.3 cm³/mol. The molecule has 0 rings (SSSR count). The van der Waals surface area contributed by atoms with Crippen LogP contribution in [-0.2, 0) is 9.59 Å². The van der Waals surface area contributed by atoms with E-state index in [0.29, 0.717) is 6.54 Å². The molecule has 4 heteroatoms. The van der Waals surface area contributed by atoms with Crippen LogP contribution in [0.25, 0.3) is 0 Å². The largest absolute Gasteiger partial charge is 0.481 e. The molecule has 0 bridgehead atoms. The van der Waals surface area contributed by atoms with Gasteiger partial charge in [0, 0.05) is 13.0 Å². The zero-order valence-corrected chi connectivity index (χ0v) is 7.75. The van der Waals surface area contributed by atoms with Gasteiger partial charge in [-0.15, -0.1) is 0 Å². The van der Waals surface area contributed by atoms with Crippen molar-refractivity contribution >= 4 is 11.9 Å². The van der Waals surface area contributed by atoms with Gasteiger partial charge in [0.1, 0.15) is 0 Å². The van der Waals surface area contributed by atoms with Gasteiger partial charge in [0.05, 0.1) is 6.42 Å². The van der Waals surface area contributed by atoms with E-state index in [9.17, 15) is 9.59 Å². The molecule has 0 aromatic rings. The summed E-state index contributed by atoms with van der Waals surface area (Å²) in [5.74, 6) is -1.14. The smallest absolute Gasteiger partial charge is 0.303 e. The van der Waals surface area contributed by atoms with Gasteiger partial charge in [0.2, 0.25) is 5.91 Å². The van der Waals surface area contributed by atoms with E-state index in [0.717, 1.165) is 6.42 Å². The second-order valence-electron chi connectivity index (χ2n) is 2.60. The summed E-state index contributed by atoms with van der Waals surface area (Å²) in [5, 5.41) is 10.9. The molecular weight excluding hydrogens is 170 g/mol. The lowest BCUT2D eigenvalue weighted by molar-refractivity contribution is -0.138. The normalized spacial score (nSPS) is 10.2. The number of hydrogen-bond acceptors (Lipinski definition) is 2. The van der Waals surface area contributed by atoms with Gasteiger partial charge >= 0.3 is 5.97 Å². The number of nitrogens with one attached hydrogen (secondary N) is 1. The Morgan fingerprint density at radius 3 is 2.62 bits per heavy atom. The third-order valence-corrected chi connectivity index (χ3v) is 1.43. The molecule has 0 aliphatic rings. The van der Waals surface area contributed by atoms with Gasteiger partial charge < -0.3 is 10.4 Å². The fraction of sp³-hybridized carbons (Fsp3) is 0.556. The topological polar surface area (TPSA) is 66.4 Å². The molecule has 0 aliphatic carbocycles. The summed E-state index contributed by atoms with van der Waals surface area (Å²) in [4.78, 5) is 21.0. The van der Waals surface area contributed by atoms with Crippen LogP contribution in [0.4, 0.5) is 0 Å². The third-order valence-electron chi connectivity index (χ3n) is 1.43. The summed E-state index contributed by atoms with van der Waals surface area (Å²) in [7, 11) is 0. The van der Waals surface area contributed by atoms with E-state index in [4.69, 9.17) is 5.11 Å². The maximum absolute atomic E-state index is 10.9. The summed E-state index contributed by atoms with van der Waals surface area (Å²) in [6, 6.07) is 0. The van der Waals surface area contributed by atoms with Crippen LogP contribution in [0.1, 0.15) is 26.2 Å². The first kappa shape index (κ1) is 11.7. The van der Waals surface area contributed by atoms with Crippen molar-refractivity contribution in [2.24, 2.45) is 0 Å². The van der Waals surface area contributed by atoms with Crippen molar-refractivity contribution < 1.29 is 14.7 Å². The molecule has 0 spiro atoms. The average Bonchev–Trinajstić information content (AvgIpc) is 2.09. The second kappa shape index (κ2) is 7.34. The molecule has 0 heterocycles. The summed E-state index contributed by atoms with van der Waals surface area (Å²) in [5.41, 5.74) is 0. The van der Waals surface area contributed by atoms with Gasteiger partial charge in [-0.2, -0.15) is 0 Å². The van der Waals surface area contributed by atoms with Crippen molar-refractivity contribution in [1.29, 1.82) is 0 Å². The van der Waals surface area contributed by atoms with Crippen molar-refractivity contribution in [2.75, 3.05) is 6.54 Å². The second-order valence-corrected chi connectivity index (χ2v) is 2.60. The number of carbonyl (C=O) groups is 2. The van der Waals surface area contributed by atoms with E-state index in [1.54, 1.807) is 0 Å². The molecule has 0 aromatic carbocycles. The van der Waals surface area contributed by atoms with Gasteiger partial charge in [0.15, 0.2) is 0 Å². The standard InChI is InChI=1S/C9H15NO3/c1-2-3-4-7-10-8(11)5-6-9(12)13/h2-3H,4-7H2,1H3,(H,10,11)(H,12,13)/b3-2+. The number of carboxylic acid groups (broad SMARTS) is 1. The molecule has 0 fully saturated rings. The van der Waals surface area contributed by atoms with Crippen LogP contribution < -0.4 is 5.32 Å². The average molecular weight is 185 g/mol. The Balaban J connectivity index is 3.35. The van der Waals surface area contributed by atoms with Crippen LogP contribution >= 0.6 is 0 Å². The lowest BCUT2D eigenvalue weighted by Gasteiger charge is -2.00. The molecule has 74 valence electrons. The molecule has 1 amide bonds. The fourth-order valence-electron chi connectivity index (χ4n) is 0.770. The molecule has 4 nitrogen and oxygen atoms in total. The fourth-order valence-corrected chi connectivity index (χ4v) is 0.770. The SMILES string of the molecule is C/C=C/CCNC(=O)CCC(=O)O. The first-order chi connectivity index (χ1) is 6.16. The Morgan fingerprint density at radius 2 is 2.08 bits per heavy atom. The van der Waals surface area contributed by atoms with Crippen LogP contribution in [0.15, 0.2) is 12.2 Å². The number of carboxylic acids is 1. The van der Waals surface area contributed by atoms with E-state index in [2.05, 4.69) is 5.32 Å². The number of amides is 1. The highest BCUT2D eigenvalue weighted by Gasteiger charge is 2.03. The maximum Gasteiger partial charge on any atom is 0.303 e. The maximum atomic E-state index is 10.9. The zero-order valence-electron chi connectivity index (χ0n) is 7.75. The van der Waals surface area contributed by atoms with Gasteiger partial charge in [-0.3, -0.25) is 9.59 Å². The number of aliphatic carboxylic acids is 1. The van der Waals surface area contributed by atoms with Crippen molar-refractivity contribution in [2.45, 2.75) is 26.2 Å². The van der Waals surface area contributed by atoms with Crippen molar-refractivity contribution in [3.63, 3.8) is 0 Å². The Labute approximate surface area is 77.6 Å². The zero-order chi connectivity index (χ0) is 10.1. The minimum Gasteiger partial charge on any atom is -0.481 e. The Bertz CT molecular complexity index is 199. The molecule has 0 atom stereocenters. The molecule has 0 saturated carbocycles. The highest BCUT2D eigenvalue weighted by Crippen LogP contribution is 1.88. The molecule has 0 unspecified atom stereocenters. The van der Waals surface area contributed by atoms with Crippen molar-refractivity contribution in [3.05, 3.63) is 12.2 Å². The molecule has 2 N–H and O–H groups in total. The van der Waals surface area contributed by atoms with Crippen LogP contribution in [-0.4, -0.2) is 23.5 Å². The number of allylic oxidation sites excluding steroid dienone is 1. The molecule has 0 aliphatic heterocycles. The Morgan fingerprint density at radius 1 is 1.38 bits per heavy atom. The van der Waals surface area contributed by atoms with E-state index < -0.39 is 5.97 Å². The van der Waals surface area contributed by atoms with Gasteiger partial charge in [0.25, 0.3) is 0 Å². The predicted octanol–water partition coefficient (Wildman–Crippen LogP) is 0.934. The lowest BCUT2D eigenvalue weighted by Crippen LogP contribution is -2.24. The van der Waals surface area contributed by atoms with Gasteiger partial charge in [-0.05, 0) is 13.3 Å². The summed E-state index contributed by atoms with van der Waals surface area (Å²) in [6.07, 6.45) is 4.59. The monoisotopic (exact) mass is 185 g/mol. The van der Waals surface area contributed by atoms with Crippen molar-refractivity contribution in [3.8, 4) is 0 Å². The van der Waals surface area contributed by atoms with Crippen LogP contribution in [0, 0.1) is 0 Å². The Hall–Kier alpha value is -1.32. The molecule has 0 radical (unpaired) electrons. The molecular formula is C9H15NO3. The van der Waals surface area contributed by atoms with E-state index in [-0.39, 0.29) is 18.7 Å². The summed E-state index contributed by atoms with van der Waals surface area (Å²) in [6.45, 7) is 2.48. The van der Waals surface area contributed by atoms with E-state index in [1.807, 2.05) is 19.1 Å². The number of carbonyl (C=O) groups excluding carboxylic acids is 1. The third kappa shape index (κ3) is 8.59. The number of rotatable bonds is 6. The quantitative estimate of drug-likeness (QED) is 0.478. The molecule has 0 aromatic heterocycles. The van der Waals surface area contributed by atoms with Crippen LogP contribution in [0.2, 0.25) is 0 Å². The van der Waals surface area contributed by atoms with Crippen molar-refractivity contribution in [1.82, 2.24) is 5.32 Å².